The highest BCUT2D eigenvalue weighted by Crippen LogP contribution is 2.24. The number of hydrogen-bond acceptors (Lipinski definition) is 5. The van der Waals surface area contributed by atoms with Crippen LogP contribution >= 0.6 is 0 Å². The lowest BCUT2D eigenvalue weighted by Crippen LogP contribution is -2.41. The van der Waals surface area contributed by atoms with Crippen molar-refractivity contribution in [1.82, 2.24) is 9.80 Å². The second kappa shape index (κ2) is 7.66. The molecular weight excluding hydrogens is 380 g/mol. The smallest absolute Gasteiger partial charge is 0.261 e. The second-order valence-corrected chi connectivity index (χ2v) is 10.5. The van der Waals surface area contributed by atoms with E-state index in [0.29, 0.717) is 42.6 Å². The van der Waals surface area contributed by atoms with Crippen LogP contribution < -0.4 is 0 Å². The van der Waals surface area contributed by atoms with Crippen LogP contribution in [0.3, 0.4) is 0 Å². The number of fused-ring (bicyclic) bond motifs is 1. The molecule has 0 atom stereocenters. The summed E-state index contributed by atoms with van der Waals surface area (Å²) in [4.78, 5) is 39.5. The summed E-state index contributed by atoms with van der Waals surface area (Å²) in [5.41, 5.74) is 1.41. The van der Waals surface area contributed by atoms with Gasteiger partial charge in [-0.1, -0.05) is 6.07 Å². The SMILES string of the molecule is CC(C)S(=O)(=O)CC1CCN(C(=O)Cc2ccc3c(c2)C(=O)N(C)C3=O)CC1. The Balaban J connectivity index is 1.59. The summed E-state index contributed by atoms with van der Waals surface area (Å²) in [7, 11) is -1.63. The number of sulfone groups is 1. The van der Waals surface area contributed by atoms with Crippen molar-refractivity contribution in [1.29, 1.82) is 0 Å². The number of hydrogen-bond donors (Lipinski definition) is 0. The predicted octanol–water partition coefficient (Wildman–Crippen LogP) is 1.52. The summed E-state index contributed by atoms with van der Waals surface area (Å²) >= 11 is 0. The Labute approximate surface area is 165 Å². The minimum Gasteiger partial charge on any atom is -0.342 e. The van der Waals surface area contributed by atoms with Gasteiger partial charge in [-0.15, -0.1) is 0 Å². The Kier molecular flexibility index (Phi) is 5.61. The molecule has 152 valence electrons. The number of amides is 3. The van der Waals surface area contributed by atoms with Gasteiger partial charge in [0.2, 0.25) is 5.91 Å². The first-order chi connectivity index (χ1) is 13.1. The molecule has 0 aromatic heterocycles. The first-order valence-electron chi connectivity index (χ1n) is 9.55. The Hall–Kier alpha value is -2.22. The van der Waals surface area contributed by atoms with Gasteiger partial charge in [-0.3, -0.25) is 19.3 Å². The molecular formula is C20H26N2O5S. The molecule has 2 aliphatic heterocycles. The molecule has 2 aliphatic rings. The van der Waals surface area contributed by atoms with E-state index in [1.54, 1.807) is 36.9 Å². The van der Waals surface area contributed by atoms with Crippen LogP contribution in [0.15, 0.2) is 18.2 Å². The van der Waals surface area contributed by atoms with Crippen molar-refractivity contribution < 1.29 is 22.8 Å². The Bertz CT molecular complexity index is 915. The van der Waals surface area contributed by atoms with Crippen molar-refractivity contribution in [2.75, 3.05) is 25.9 Å². The number of rotatable bonds is 5. The Morgan fingerprint density at radius 1 is 1.11 bits per heavy atom. The van der Waals surface area contributed by atoms with Crippen LogP contribution in [-0.2, 0) is 21.1 Å². The number of likely N-dealkylation sites (tertiary alicyclic amines) is 1. The summed E-state index contributed by atoms with van der Waals surface area (Å²) in [5, 5.41) is -0.374. The van der Waals surface area contributed by atoms with Gasteiger partial charge in [-0.05, 0) is 50.3 Å². The first kappa shape index (κ1) is 20.5. The Morgan fingerprint density at radius 2 is 1.71 bits per heavy atom. The van der Waals surface area contributed by atoms with E-state index < -0.39 is 9.84 Å². The van der Waals surface area contributed by atoms with Gasteiger partial charge in [0.15, 0.2) is 9.84 Å². The molecule has 0 N–H and O–H groups in total. The van der Waals surface area contributed by atoms with Gasteiger partial charge in [0.25, 0.3) is 11.8 Å². The van der Waals surface area contributed by atoms with E-state index in [-0.39, 0.29) is 41.1 Å². The lowest BCUT2D eigenvalue weighted by atomic mass is 9.98. The summed E-state index contributed by atoms with van der Waals surface area (Å²) in [6, 6.07) is 4.94. The van der Waals surface area contributed by atoms with Crippen LogP contribution in [0.4, 0.5) is 0 Å². The minimum atomic E-state index is -3.07. The molecule has 7 nitrogen and oxygen atoms in total. The molecule has 0 saturated carbocycles. The number of carbonyl (C=O) groups is 3. The molecule has 0 radical (unpaired) electrons. The van der Waals surface area contributed by atoms with Gasteiger partial charge in [0.1, 0.15) is 0 Å². The number of nitrogens with zero attached hydrogens (tertiary/aromatic N) is 2. The maximum absolute atomic E-state index is 12.6. The monoisotopic (exact) mass is 406 g/mol. The third-order valence-electron chi connectivity index (χ3n) is 5.66. The molecule has 1 aromatic carbocycles. The quantitative estimate of drug-likeness (QED) is 0.692. The van der Waals surface area contributed by atoms with Crippen molar-refractivity contribution in [3.8, 4) is 0 Å². The maximum atomic E-state index is 12.6. The van der Waals surface area contributed by atoms with Gasteiger partial charge < -0.3 is 4.90 Å². The lowest BCUT2D eigenvalue weighted by molar-refractivity contribution is -0.131. The average Bonchev–Trinajstić information content (AvgIpc) is 2.86. The molecule has 28 heavy (non-hydrogen) atoms. The van der Waals surface area contributed by atoms with Crippen LogP contribution in [0.1, 0.15) is 53.0 Å². The van der Waals surface area contributed by atoms with Gasteiger partial charge >= 0.3 is 0 Å². The van der Waals surface area contributed by atoms with Crippen molar-refractivity contribution in [2.45, 2.75) is 38.4 Å². The highest BCUT2D eigenvalue weighted by molar-refractivity contribution is 7.91. The zero-order valence-corrected chi connectivity index (χ0v) is 17.3. The van der Waals surface area contributed by atoms with E-state index in [4.69, 9.17) is 0 Å². The zero-order chi connectivity index (χ0) is 20.6. The van der Waals surface area contributed by atoms with E-state index in [0.717, 1.165) is 4.90 Å². The number of benzene rings is 1. The topological polar surface area (TPSA) is 91.8 Å². The molecule has 2 heterocycles. The molecule has 1 fully saturated rings. The van der Waals surface area contributed by atoms with Crippen LogP contribution in [0.5, 0.6) is 0 Å². The van der Waals surface area contributed by atoms with Gasteiger partial charge in [0, 0.05) is 20.1 Å². The molecule has 3 rings (SSSR count). The predicted molar refractivity (Wildman–Crippen MR) is 105 cm³/mol. The largest absolute Gasteiger partial charge is 0.342 e. The molecule has 8 heteroatoms. The van der Waals surface area contributed by atoms with Gasteiger partial charge in [-0.2, -0.15) is 0 Å². The Morgan fingerprint density at radius 3 is 2.32 bits per heavy atom. The summed E-state index contributed by atoms with van der Waals surface area (Å²) < 4.78 is 24.2. The van der Waals surface area contributed by atoms with Crippen LogP contribution in [-0.4, -0.2) is 67.1 Å². The van der Waals surface area contributed by atoms with Crippen molar-refractivity contribution in [3.63, 3.8) is 0 Å². The van der Waals surface area contributed by atoms with Crippen molar-refractivity contribution in [3.05, 3.63) is 34.9 Å². The van der Waals surface area contributed by atoms with E-state index in [1.165, 1.54) is 7.05 Å². The zero-order valence-electron chi connectivity index (χ0n) is 16.5. The molecule has 1 saturated heterocycles. The highest BCUT2D eigenvalue weighted by atomic mass is 32.2. The minimum absolute atomic E-state index is 0.0461. The lowest BCUT2D eigenvalue weighted by Gasteiger charge is -2.32. The van der Waals surface area contributed by atoms with Crippen LogP contribution in [0.25, 0.3) is 0 Å². The summed E-state index contributed by atoms with van der Waals surface area (Å²) in [5.74, 6) is -0.440. The van der Waals surface area contributed by atoms with E-state index in [2.05, 4.69) is 0 Å². The molecule has 0 bridgehead atoms. The van der Waals surface area contributed by atoms with E-state index in [1.807, 2.05) is 0 Å². The van der Waals surface area contributed by atoms with E-state index >= 15 is 0 Å². The van der Waals surface area contributed by atoms with Gasteiger partial charge in [0.05, 0.1) is 28.6 Å². The normalized spacial score (nSPS) is 18.1. The number of piperidine rings is 1. The second-order valence-electron chi connectivity index (χ2n) is 7.93. The molecule has 1 aromatic rings. The van der Waals surface area contributed by atoms with Crippen LogP contribution in [0.2, 0.25) is 0 Å². The number of imide groups is 1. The maximum Gasteiger partial charge on any atom is 0.261 e. The molecule has 3 amide bonds. The molecule has 0 spiro atoms. The third-order valence-corrected chi connectivity index (χ3v) is 8.04. The fraction of sp³-hybridized carbons (Fsp3) is 0.550. The van der Waals surface area contributed by atoms with E-state index in [9.17, 15) is 22.8 Å². The fourth-order valence-electron chi connectivity index (χ4n) is 3.67. The van der Waals surface area contributed by atoms with Crippen molar-refractivity contribution in [2.24, 2.45) is 5.92 Å². The third kappa shape index (κ3) is 3.97. The number of carbonyl (C=O) groups excluding carboxylic acids is 3. The standard InChI is InChI=1S/C20H26N2O5S/c1-13(2)28(26,27)12-14-6-8-22(9-7-14)18(23)11-15-4-5-16-17(10-15)20(25)21(3)19(16)24/h4-5,10,13-14H,6-9,11-12H2,1-3H3. The first-order valence-corrected chi connectivity index (χ1v) is 11.3. The molecule has 0 unspecified atom stereocenters. The fourth-order valence-corrected chi connectivity index (χ4v) is 5.05. The summed E-state index contributed by atoms with van der Waals surface area (Å²) in [6.07, 6.45) is 1.52. The molecule has 0 aliphatic carbocycles. The highest BCUT2D eigenvalue weighted by Gasteiger charge is 2.33. The van der Waals surface area contributed by atoms with Crippen molar-refractivity contribution >= 4 is 27.6 Å². The summed E-state index contributed by atoms with van der Waals surface area (Å²) in [6.45, 7) is 4.48. The average molecular weight is 407 g/mol. The van der Waals surface area contributed by atoms with Gasteiger partial charge in [-0.25, -0.2) is 8.42 Å². The van der Waals surface area contributed by atoms with Crippen LogP contribution in [0, 0.1) is 5.92 Å².